The highest BCUT2D eigenvalue weighted by Gasteiger charge is 2.37. The Bertz CT molecular complexity index is 1460. The minimum absolute atomic E-state index is 0.0551. The number of ether oxygens (including phenoxy) is 1. The maximum absolute atomic E-state index is 11.1. The zero-order chi connectivity index (χ0) is 23.1. The summed E-state index contributed by atoms with van der Waals surface area (Å²) in [5.74, 6) is 0.286. The van der Waals surface area contributed by atoms with E-state index in [0.717, 1.165) is 5.56 Å². The third-order valence-corrected chi connectivity index (χ3v) is 5.58. The summed E-state index contributed by atoms with van der Waals surface area (Å²) in [4.78, 5) is 10.7. The Morgan fingerprint density at radius 1 is 1.15 bits per heavy atom. The third kappa shape index (κ3) is 3.48. The van der Waals surface area contributed by atoms with Crippen molar-refractivity contribution < 1.29 is 14.1 Å². The van der Waals surface area contributed by atoms with Crippen LogP contribution < -0.4 is 10.5 Å². The number of nitrogens with two attached hydrogens (primary N) is 1. The van der Waals surface area contributed by atoms with Gasteiger partial charge in [0.15, 0.2) is 0 Å². The van der Waals surface area contributed by atoms with Crippen LogP contribution in [0.25, 0.3) is 22.6 Å². The second-order valence-corrected chi connectivity index (χ2v) is 7.70. The SMILES string of the molecule is N#CC1=C(N)Oc2n[nH]c(-c3ccc(Cl)cc3)c2C1c1ccc(-c2cccc([N+](=O)[O-])c2)o1. The number of aromatic amines is 1. The van der Waals surface area contributed by atoms with Crippen LogP contribution in [-0.4, -0.2) is 15.1 Å². The predicted molar refractivity (Wildman–Crippen MR) is 119 cm³/mol. The van der Waals surface area contributed by atoms with Gasteiger partial charge in [-0.3, -0.25) is 15.2 Å². The molecule has 1 aliphatic heterocycles. The fraction of sp³-hybridized carbons (Fsp3) is 0.0435. The Balaban J connectivity index is 1.64. The van der Waals surface area contributed by atoms with E-state index >= 15 is 0 Å². The Labute approximate surface area is 191 Å². The first-order chi connectivity index (χ1) is 16.0. The summed E-state index contributed by atoms with van der Waals surface area (Å²) in [5.41, 5.74) is 8.65. The second-order valence-electron chi connectivity index (χ2n) is 7.26. The maximum Gasteiger partial charge on any atom is 0.270 e. The molecule has 1 aliphatic rings. The molecule has 9 nitrogen and oxygen atoms in total. The number of hydrogen-bond acceptors (Lipinski definition) is 7. The number of nitriles is 1. The lowest BCUT2D eigenvalue weighted by Crippen LogP contribution is -2.20. The van der Waals surface area contributed by atoms with Crippen molar-refractivity contribution in [2.24, 2.45) is 5.73 Å². The van der Waals surface area contributed by atoms with E-state index in [0.29, 0.717) is 33.4 Å². The van der Waals surface area contributed by atoms with Crippen LogP contribution in [0.15, 0.2) is 76.5 Å². The number of hydrogen-bond donors (Lipinski definition) is 2. The Morgan fingerprint density at radius 2 is 1.94 bits per heavy atom. The normalized spacial score (nSPS) is 15.0. The van der Waals surface area contributed by atoms with E-state index < -0.39 is 10.8 Å². The van der Waals surface area contributed by atoms with Gasteiger partial charge in [-0.25, -0.2) is 0 Å². The molecule has 0 bridgehead atoms. The van der Waals surface area contributed by atoms with Crippen molar-refractivity contribution in [3.63, 3.8) is 0 Å². The van der Waals surface area contributed by atoms with E-state index in [-0.39, 0.29) is 23.0 Å². The maximum atomic E-state index is 11.1. The number of nitro groups is 1. The van der Waals surface area contributed by atoms with Crippen molar-refractivity contribution in [1.82, 2.24) is 10.2 Å². The lowest BCUT2D eigenvalue weighted by molar-refractivity contribution is -0.384. The number of furan rings is 1. The van der Waals surface area contributed by atoms with Crippen LogP contribution in [0, 0.1) is 21.4 Å². The molecule has 33 heavy (non-hydrogen) atoms. The fourth-order valence-electron chi connectivity index (χ4n) is 3.80. The number of non-ortho nitro benzene ring substituents is 1. The lowest BCUT2D eigenvalue weighted by Gasteiger charge is -2.22. The Kier molecular flexibility index (Phi) is 4.84. The van der Waals surface area contributed by atoms with Crippen molar-refractivity contribution in [2.45, 2.75) is 5.92 Å². The molecule has 0 saturated heterocycles. The number of nitro benzene ring substituents is 1. The summed E-state index contributed by atoms with van der Waals surface area (Å²) in [6, 6.07) is 18.7. The zero-order valence-electron chi connectivity index (χ0n) is 16.8. The zero-order valence-corrected chi connectivity index (χ0v) is 17.5. The molecule has 162 valence electrons. The first kappa shape index (κ1) is 20.4. The van der Waals surface area contributed by atoms with Gasteiger partial charge in [-0.2, -0.15) is 5.26 Å². The summed E-state index contributed by atoms with van der Waals surface area (Å²) in [6.07, 6.45) is 0. The fourth-order valence-corrected chi connectivity index (χ4v) is 3.93. The minimum Gasteiger partial charge on any atom is -0.460 e. The average molecular weight is 460 g/mol. The van der Waals surface area contributed by atoms with Crippen molar-refractivity contribution in [3.8, 4) is 34.5 Å². The van der Waals surface area contributed by atoms with Crippen molar-refractivity contribution >= 4 is 17.3 Å². The van der Waals surface area contributed by atoms with Crippen LogP contribution in [0.1, 0.15) is 17.2 Å². The molecule has 2 aromatic carbocycles. The number of halogens is 1. The van der Waals surface area contributed by atoms with Gasteiger partial charge in [0, 0.05) is 28.3 Å². The van der Waals surface area contributed by atoms with E-state index in [9.17, 15) is 15.4 Å². The van der Waals surface area contributed by atoms with Gasteiger partial charge < -0.3 is 14.9 Å². The number of nitrogens with one attached hydrogen (secondary N) is 1. The number of fused-ring (bicyclic) bond motifs is 1. The first-order valence-electron chi connectivity index (χ1n) is 9.72. The van der Waals surface area contributed by atoms with Gasteiger partial charge in [0.1, 0.15) is 23.2 Å². The smallest absolute Gasteiger partial charge is 0.270 e. The molecule has 5 rings (SSSR count). The molecule has 0 spiro atoms. The van der Waals surface area contributed by atoms with Crippen molar-refractivity contribution in [3.05, 3.63) is 98.6 Å². The summed E-state index contributed by atoms with van der Waals surface area (Å²) in [7, 11) is 0. The van der Waals surface area contributed by atoms with Gasteiger partial charge in [-0.1, -0.05) is 35.9 Å². The summed E-state index contributed by atoms with van der Waals surface area (Å²) in [6.45, 7) is 0. The number of allylic oxidation sites excluding steroid dienone is 1. The molecule has 3 N–H and O–H groups in total. The van der Waals surface area contributed by atoms with Crippen LogP contribution in [0.4, 0.5) is 5.69 Å². The molecular formula is C23H14ClN5O4. The molecule has 10 heteroatoms. The van der Waals surface area contributed by atoms with Crippen LogP contribution in [0.5, 0.6) is 5.88 Å². The van der Waals surface area contributed by atoms with E-state index in [2.05, 4.69) is 16.3 Å². The lowest BCUT2D eigenvalue weighted by atomic mass is 9.86. The van der Waals surface area contributed by atoms with Gasteiger partial charge in [-0.15, -0.1) is 5.10 Å². The van der Waals surface area contributed by atoms with Crippen LogP contribution in [-0.2, 0) is 0 Å². The van der Waals surface area contributed by atoms with Gasteiger partial charge >= 0.3 is 0 Å². The summed E-state index contributed by atoms with van der Waals surface area (Å²) >= 11 is 6.02. The molecule has 0 amide bonds. The average Bonchev–Trinajstić information content (AvgIpc) is 3.46. The Morgan fingerprint density at radius 3 is 2.67 bits per heavy atom. The van der Waals surface area contributed by atoms with Crippen LogP contribution >= 0.6 is 11.6 Å². The highest BCUT2D eigenvalue weighted by molar-refractivity contribution is 6.30. The van der Waals surface area contributed by atoms with Gasteiger partial charge in [0.05, 0.1) is 22.1 Å². The number of aromatic nitrogens is 2. The molecule has 0 saturated carbocycles. The summed E-state index contributed by atoms with van der Waals surface area (Å²) < 4.78 is 11.7. The molecule has 2 aromatic heterocycles. The molecule has 0 radical (unpaired) electrons. The molecule has 0 aliphatic carbocycles. The summed E-state index contributed by atoms with van der Waals surface area (Å²) in [5, 5.41) is 28.7. The predicted octanol–water partition coefficient (Wildman–Crippen LogP) is 5.12. The molecular weight excluding hydrogens is 446 g/mol. The van der Waals surface area contributed by atoms with Crippen LogP contribution in [0.2, 0.25) is 5.02 Å². The van der Waals surface area contributed by atoms with Crippen molar-refractivity contribution in [2.75, 3.05) is 0 Å². The van der Waals surface area contributed by atoms with E-state index in [4.69, 9.17) is 26.5 Å². The van der Waals surface area contributed by atoms with E-state index in [1.165, 1.54) is 12.1 Å². The number of nitrogens with zero attached hydrogens (tertiary/aromatic N) is 3. The van der Waals surface area contributed by atoms with Gasteiger partial charge in [0.25, 0.3) is 5.69 Å². The standard InChI is InChI=1S/C23H14ClN5O4/c24-14-6-4-12(5-7-14)21-20-19(16(11-25)22(26)33-23(20)28-27-21)18-9-8-17(32-18)13-2-1-3-15(10-13)29(30)31/h1-10,19H,26H2,(H,27,28). The van der Waals surface area contributed by atoms with E-state index in [1.807, 2.05) is 12.1 Å². The monoisotopic (exact) mass is 459 g/mol. The highest BCUT2D eigenvalue weighted by atomic mass is 35.5. The van der Waals surface area contributed by atoms with Crippen molar-refractivity contribution in [1.29, 1.82) is 5.26 Å². The molecule has 1 unspecified atom stereocenters. The minimum atomic E-state index is -0.698. The molecule has 1 atom stereocenters. The molecule has 4 aromatic rings. The molecule has 0 fully saturated rings. The Hall–Kier alpha value is -4.55. The number of benzene rings is 2. The topological polar surface area (TPSA) is 144 Å². The second kappa shape index (κ2) is 7.85. The highest BCUT2D eigenvalue weighted by Crippen LogP contribution is 2.46. The number of rotatable bonds is 4. The van der Waals surface area contributed by atoms with Crippen LogP contribution in [0.3, 0.4) is 0 Å². The van der Waals surface area contributed by atoms with E-state index in [1.54, 1.807) is 36.4 Å². The first-order valence-corrected chi connectivity index (χ1v) is 10.1. The quantitative estimate of drug-likeness (QED) is 0.318. The number of H-pyrrole nitrogens is 1. The van der Waals surface area contributed by atoms with Gasteiger partial charge in [0.2, 0.25) is 11.8 Å². The molecule has 3 heterocycles. The third-order valence-electron chi connectivity index (χ3n) is 5.32. The largest absolute Gasteiger partial charge is 0.460 e. The van der Waals surface area contributed by atoms with Gasteiger partial charge in [-0.05, 0) is 24.3 Å².